The van der Waals surface area contributed by atoms with Crippen LogP contribution in [0.15, 0.2) is 42.5 Å². The number of nitrogens with zero attached hydrogens (tertiary/aromatic N) is 1. The Morgan fingerprint density at radius 2 is 1.94 bits per heavy atom. The third-order valence-electron chi connectivity index (χ3n) is 5.78. The molecule has 1 fully saturated rings. The lowest BCUT2D eigenvalue weighted by Gasteiger charge is -2.42. The van der Waals surface area contributed by atoms with Gasteiger partial charge in [-0.05, 0) is 55.3 Å². The first-order valence-electron chi connectivity index (χ1n) is 10.3. The zero-order chi connectivity index (χ0) is 22.8. The van der Waals surface area contributed by atoms with E-state index in [1.54, 1.807) is 30.1 Å². The maximum Gasteiger partial charge on any atom is 0.305 e. The van der Waals surface area contributed by atoms with Crippen molar-refractivity contribution in [3.63, 3.8) is 0 Å². The first-order chi connectivity index (χ1) is 15.3. The van der Waals surface area contributed by atoms with Gasteiger partial charge in [-0.15, -0.1) is 0 Å². The van der Waals surface area contributed by atoms with Crippen molar-refractivity contribution in [1.82, 2.24) is 4.90 Å². The van der Waals surface area contributed by atoms with E-state index >= 15 is 0 Å². The van der Waals surface area contributed by atoms with Crippen LogP contribution < -0.4 is 10.1 Å². The van der Waals surface area contributed by atoms with E-state index in [1.165, 1.54) is 24.3 Å². The minimum Gasteiger partial charge on any atom is -0.490 e. The molecule has 4 rings (SSSR count). The van der Waals surface area contributed by atoms with E-state index in [1.807, 2.05) is 0 Å². The fourth-order valence-corrected chi connectivity index (χ4v) is 4.10. The van der Waals surface area contributed by atoms with Crippen LogP contribution in [0.25, 0.3) is 0 Å². The number of likely N-dealkylation sites (N-methyl/N-ethyl adjacent to an activating group) is 1. The van der Waals surface area contributed by atoms with Gasteiger partial charge in [0.05, 0.1) is 24.1 Å². The molecule has 0 unspecified atom stereocenters. The maximum atomic E-state index is 13.2. The highest BCUT2D eigenvalue weighted by molar-refractivity contribution is 6.05. The third kappa shape index (κ3) is 4.57. The van der Waals surface area contributed by atoms with E-state index < -0.39 is 29.9 Å². The molecule has 3 atom stereocenters. The molecule has 1 saturated heterocycles. The second-order valence-corrected chi connectivity index (χ2v) is 7.94. The summed E-state index contributed by atoms with van der Waals surface area (Å²) < 4.78 is 24.9. The monoisotopic (exact) mass is 442 g/mol. The zero-order valence-corrected chi connectivity index (χ0v) is 17.4. The lowest BCUT2D eigenvalue weighted by Crippen LogP contribution is -2.53. The van der Waals surface area contributed by atoms with Gasteiger partial charge in [0.1, 0.15) is 24.3 Å². The number of halogens is 1. The van der Waals surface area contributed by atoms with Gasteiger partial charge in [-0.25, -0.2) is 4.39 Å². The topological polar surface area (TPSA) is 105 Å². The van der Waals surface area contributed by atoms with Gasteiger partial charge in [-0.1, -0.05) is 0 Å². The Morgan fingerprint density at radius 3 is 2.66 bits per heavy atom. The number of anilines is 1. The van der Waals surface area contributed by atoms with Gasteiger partial charge in [-0.2, -0.15) is 0 Å². The zero-order valence-electron chi connectivity index (χ0n) is 17.4. The normalized spacial score (nSPS) is 22.6. The van der Waals surface area contributed by atoms with Crippen molar-refractivity contribution in [1.29, 1.82) is 0 Å². The molecule has 0 aliphatic carbocycles. The van der Waals surface area contributed by atoms with E-state index in [-0.39, 0.29) is 30.5 Å². The number of nitrogens with one attached hydrogen (secondary N) is 1. The molecule has 2 aliphatic rings. The summed E-state index contributed by atoms with van der Waals surface area (Å²) >= 11 is 0. The standard InChI is InChI=1S/C23H23FN2O6/c1-26-18-8-7-16(11-21(27)28)32-20(18)12-31-19-9-6-15(10-17(19)23(26)30)25-22(29)13-2-4-14(24)5-3-13/h2-6,9-10,16,18,20H,7-8,11-12H2,1H3,(H,25,29)(H,27,28)/t16-,18-,20+/m1/s1. The molecule has 2 N–H and O–H groups in total. The highest BCUT2D eigenvalue weighted by Gasteiger charge is 2.39. The summed E-state index contributed by atoms with van der Waals surface area (Å²) in [5.41, 5.74) is 0.994. The maximum absolute atomic E-state index is 13.2. The van der Waals surface area contributed by atoms with Crippen LogP contribution in [0.4, 0.5) is 10.1 Å². The van der Waals surface area contributed by atoms with Crippen molar-refractivity contribution < 1.29 is 33.4 Å². The number of carbonyl (C=O) groups is 3. The lowest BCUT2D eigenvalue weighted by molar-refractivity contribution is -0.148. The number of carboxylic acids is 1. The average Bonchev–Trinajstić information content (AvgIpc) is 2.76. The van der Waals surface area contributed by atoms with Crippen molar-refractivity contribution >= 4 is 23.5 Å². The number of amides is 2. The van der Waals surface area contributed by atoms with Crippen molar-refractivity contribution in [2.45, 2.75) is 37.5 Å². The largest absolute Gasteiger partial charge is 0.490 e. The molecule has 168 valence electrons. The molecular weight excluding hydrogens is 419 g/mol. The molecule has 8 nitrogen and oxygen atoms in total. The van der Waals surface area contributed by atoms with Crippen LogP contribution >= 0.6 is 0 Å². The van der Waals surface area contributed by atoms with Crippen LogP contribution in [0, 0.1) is 5.82 Å². The molecule has 0 spiro atoms. The van der Waals surface area contributed by atoms with Crippen LogP contribution in [0.2, 0.25) is 0 Å². The van der Waals surface area contributed by atoms with Gasteiger partial charge in [-0.3, -0.25) is 14.4 Å². The summed E-state index contributed by atoms with van der Waals surface area (Å²) in [6.07, 6.45) is 0.196. The van der Waals surface area contributed by atoms with Crippen molar-refractivity contribution in [2.75, 3.05) is 19.0 Å². The highest BCUT2D eigenvalue weighted by Crippen LogP contribution is 2.32. The molecule has 0 aromatic heterocycles. The fourth-order valence-electron chi connectivity index (χ4n) is 4.10. The molecule has 32 heavy (non-hydrogen) atoms. The number of hydrogen-bond donors (Lipinski definition) is 2. The van der Waals surface area contributed by atoms with Crippen LogP contribution in [0.3, 0.4) is 0 Å². The Kier molecular flexibility index (Phi) is 6.09. The second kappa shape index (κ2) is 8.96. The number of benzene rings is 2. The molecular formula is C23H23FN2O6. The van der Waals surface area contributed by atoms with Crippen LogP contribution in [-0.4, -0.2) is 59.7 Å². The van der Waals surface area contributed by atoms with E-state index in [9.17, 15) is 18.8 Å². The first kappa shape index (κ1) is 21.8. The average molecular weight is 442 g/mol. The van der Waals surface area contributed by atoms with Crippen molar-refractivity contribution in [3.05, 3.63) is 59.4 Å². The molecule has 0 saturated carbocycles. The van der Waals surface area contributed by atoms with Gasteiger partial charge in [0.2, 0.25) is 0 Å². The Bertz CT molecular complexity index is 1040. The summed E-state index contributed by atoms with van der Waals surface area (Å²) in [4.78, 5) is 38.2. The number of fused-ring (bicyclic) bond motifs is 2. The molecule has 2 aromatic carbocycles. The quantitative estimate of drug-likeness (QED) is 0.754. The van der Waals surface area contributed by atoms with Crippen LogP contribution in [-0.2, 0) is 9.53 Å². The Hall–Kier alpha value is -3.46. The van der Waals surface area contributed by atoms with Gasteiger partial charge >= 0.3 is 5.97 Å². The molecule has 2 aliphatic heterocycles. The van der Waals surface area contributed by atoms with E-state index in [0.29, 0.717) is 29.8 Å². The summed E-state index contributed by atoms with van der Waals surface area (Å²) in [5, 5.41) is 11.7. The Balaban J connectivity index is 1.53. The van der Waals surface area contributed by atoms with Crippen molar-refractivity contribution in [2.24, 2.45) is 0 Å². The number of rotatable bonds is 4. The van der Waals surface area contributed by atoms with Gasteiger partial charge in [0.25, 0.3) is 11.8 Å². The van der Waals surface area contributed by atoms with Gasteiger partial charge in [0.15, 0.2) is 0 Å². The number of ether oxygens (including phenoxy) is 2. The number of carbonyl (C=O) groups excluding carboxylic acids is 2. The minimum atomic E-state index is -0.926. The number of carboxylic acid groups (broad SMARTS) is 1. The molecule has 0 bridgehead atoms. The fraction of sp³-hybridized carbons (Fsp3) is 0.348. The van der Waals surface area contributed by atoms with Crippen LogP contribution in [0.1, 0.15) is 40.0 Å². The number of aliphatic carboxylic acids is 1. The smallest absolute Gasteiger partial charge is 0.305 e. The summed E-state index contributed by atoms with van der Waals surface area (Å²) in [7, 11) is 1.68. The van der Waals surface area contributed by atoms with Crippen molar-refractivity contribution in [3.8, 4) is 5.75 Å². The van der Waals surface area contributed by atoms with Gasteiger partial charge < -0.3 is 24.8 Å². The summed E-state index contributed by atoms with van der Waals surface area (Å²) in [6.45, 7) is 0.173. The second-order valence-electron chi connectivity index (χ2n) is 7.94. The number of hydrogen-bond acceptors (Lipinski definition) is 5. The van der Waals surface area contributed by atoms with Crippen LogP contribution in [0.5, 0.6) is 5.75 Å². The summed E-state index contributed by atoms with van der Waals surface area (Å²) in [6, 6.07) is 9.66. The van der Waals surface area contributed by atoms with E-state index in [4.69, 9.17) is 14.6 Å². The predicted octanol–water partition coefficient (Wildman–Crippen LogP) is 2.93. The molecule has 0 radical (unpaired) electrons. The first-order valence-corrected chi connectivity index (χ1v) is 10.3. The van der Waals surface area contributed by atoms with E-state index in [2.05, 4.69) is 5.32 Å². The Labute approximate surface area is 183 Å². The summed E-state index contributed by atoms with van der Waals surface area (Å²) in [5.74, 6) is -1.72. The SMILES string of the molecule is CN1C(=O)c2cc(NC(=O)c3ccc(F)cc3)ccc2OC[C@@H]2O[C@@H](CC(=O)O)CC[C@H]21. The molecule has 2 heterocycles. The lowest BCUT2D eigenvalue weighted by atomic mass is 9.94. The molecule has 2 amide bonds. The predicted molar refractivity (Wildman–Crippen MR) is 112 cm³/mol. The molecule has 2 aromatic rings. The molecule has 9 heteroatoms. The van der Waals surface area contributed by atoms with E-state index in [0.717, 1.165) is 0 Å². The Morgan fingerprint density at radius 1 is 1.19 bits per heavy atom. The third-order valence-corrected chi connectivity index (χ3v) is 5.78. The highest BCUT2D eigenvalue weighted by atomic mass is 19.1. The minimum absolute atomic E-state index is 0.0887. The van der Waals surface area contributed by atoms with Gasteiger partial charge in [0, 0.05) is 18.3 Å².